The zero-order chi connectivity index (χ0) is 28.8. The van der Waals surface area contributed by atoms with E-state index < -0.39 is 40.2 Å². The molecule has 1 fully saturated rings. The normalized spacial score (nSPS) is 24.4. The number of methoxy groups -OCH3 is 1. The van der Waals surface area contributed by atoms with Crippen molar-refractivity contribution < 1.29 is 27.0 Å². The Labute approximate surface area is 236 Å². The van der Waals surface area contributed by atoms with Gasteiger partial charge in [-0.2, -0.15) is 29.1 Å². The molecule has 0 spiro atoms. The number of anilines is 1. The Balaban J connectivity index is 1.79. The van der Waals surface area contributed by atoms with E-state index in [0.717, 1.165) is 12.1 Å². The van der Waals surface area contributed by atoms with Crippen molar-refractivity contribution in [3.63, 3.8) is 0 Å². The summed E-state index contributed by atoms with van der Waals surface area (Å²) < 4.78 is 69.7. The van der Waals surface area contributed by atoms with Crippen molar-refractivity contribution in [2.24, 2.45) is 0 Å². The molecular formula is C27H31ClF4N4O3S. The molecule has 0 saturated carbocycles. The highest BCUT2D eigenvalue weighted by atomic mass is 35.5. The number of nitrogens with one attached hydrogen (secondary N) is 1. The first kappa shape index (κ1) is 29.1. The number of alkyl halides is 3. The van der Waals surface area contributed by atoms with Gasteiger partial charge in [-0.3, -0.25) is 4.57 Å². The van der Waals surface area contributed by atoms with E-state index in [1.165, 1.54) is 23.8 Å². The van der Waals surface area contributed by atoms with Crippen LogP contribution in [0.2, 0.25) is 5.02 Å². The van der Waals surface area contributed by atoms with Crippen molar-refractivity contribution in [2.45, 2.75) is 54.5 Å². The summed E-state index contributed by atoms with van der Waals surface area (Å²) in [5.41, 5.74) is -0.998. The lowest BCUT2D eigenvalue weighted by molar-refractivity contribution is -0.137. The molecule has 0 amide bonds. The van der Waals surface area contributed by atoms with Gasteiger partial charge in [-0.25, -0.2) is 9.18 Å². The van der Waals surface area contributed by atoms with Crippen LogP contribution in [0.1, 0.15) is 19.4 Å². The summed E-state index contributed by atoms with van der Waals surface area (Å²) in [5, 5.41) is 3.53. The van der Waals surface area contributed by atoms with Crippen molar-refractivity contribution in [1.82, 2.24) is 14.9 Å². The van der Waals surface area contributed by atoms with Gasteiger partial charge in [0.2, 0.25) is 0 Å². The molecule has 2 aromatic carbocycles. The van der Waals surface area contributed by atoms with Crippen LogP contribution in [-0.4, -0.2) is 66.9 Å². The third-order valence-corrected chi connectivity index (χ3v) is 10.0. The lowest BCUT2D eigenvalue weighted by Crippen LogP contribution is -2.55. The Bertz CT molecular complexity index is 1460. The molecule has 0 bridgehead atoms. The number of aromatic nitrogens is 2. The van der Waals surface area contributed by atoms with Gasteiger partial charge in [-0.05, 0) is 49.1 Å². The molecule has 40 heavy (non-hydrogen) atoms. The smallest absolute Gasteiger partial charge is 0.382 e. The zero-order valence-electron chi connectivity index (χ0n) is 22.3. The molecule has 1 N–H and O–H groups in total. The fourth-order valence-corrected chi connectivity index (χ4v) is 8.43. The summed E-state index contributed by atoms with van der Waals surface area (Å²) in [5.74, 6) is -0.0905. The van der Waals surface area contributed by atoms with E-state index in [-0.39, 0.29) is 41.5 Å². The standard InChI is InChI=1S/C27H31ClF4N4O3S/c1-15-11-35(12-16(2)33-15)25-20-8-17(27(30,31)32)9-23-24(20)36(26(37)34-25)13-18(39-7-6-38-3)14-40(23)19-4-5-22(29)21(28)10-19/h4-5,8-10,15-16,18,33,40H,6-7,11-14H2,1-3H3/t15-,16+,18-/m1/s1. The average Bonchev–Trinajstić information content (AvgIpc) is 3.05. The highest BCUT2D eigenvalue weighted by molar-refractivity contribution is 8.17. The van der Waals surface area contributed by atoms with E-state index in [0.29, 0.717) is 40.8 Å². The summed E-state index contributed by atoms with van der Waals surface area (Å²) in [7, 11) is -0.0113. The van der Waals surface area contributed by atoms with E-state index in [4.69, 9.17) is 21.1 Å². The van der Waals surface area contributed by atoms with Crippen LogP contribution in [0.3, 0.4) is 0 Å². The minimum absolute atomic E-state index is 0.0426. The fraction of sp³-hybridized carbons (Fsp3) is 0.481. The van der Waals surface area contributed by atoms with E-state index in [1.807, 2.05) is 18.7 Å². The first-order valence-electron chi connectivity index (χ1n) is 13.0. The SMILES string of the molecule is COCCO[C@@H]1Cn2c(=O)nc(N3C[C@@H](C)N[C@@H](C)C3)c3cc(C(F)(F)F)cc(c32)[SH](c2ccc(F)c(Cl)c2)C1. The van der Waals surface area contributed by atoms with Gasteiger partial charge in [-0.1, -0.05) is 11.6 Å². The summed E-state index contributed by atoms with van der Waals surface area (Å²) in [6, 6.07) is 6.50. The van der Waals surface area contributed by atoms with Crippen molar-refractivity contribution in [1.29, 1.82) is 0 Å². The van der Waals surface area contributed by atoms with Crippen LogP contribution in [0.4, 0.5) is 23.4 Å². The highest BCUT2D eigenvalue weighted by Crippen LogP contribution is 2.52. The summed E-state index contributed by atoms with van der Waals surface area (Å²) in [4.78, 5) is 20.8. The predicted molar refractivity (Wildman–Crippen MR) is 149 cm³/mol. The molecule has 2 aliphatic heterocycles. The number of ether oxygens (including phenoxy) is 2. The van der Waals surface area contributed by atoms with E-state index >= 15 is 0 Å². The lowest BCUT2D eigenvalue weighted by atomic mass is 10.1. The van der Waals surface area contributed by atoms with Gasteiger partial charge in [0.25, 0.3) is 0 Å². The molecule has 218 valence electrons. The van der Waals surface area contributed by atoms with Gasteiger partial charge in [-0.15, -0.1) is 0 Å². The molecule has 1 aromatic heterocycles. The minimum Gasteiger partial charge on any atom is -0.382 e. The predicted octanol–water partition coefficient (Wildman–Crippen LogP) is 4.86. The number of benzene rings is 2. The van der Waals surface area contributed by atoms with Gasteiger partial charge >= 0.3 is 11.9 Å². The van der Waals surface area contributed by atoms with Crippen LogP contribution >= 0.6 is 22.5 Å². The molecule has 5 rings (SSSR count). The number of piperazine rings is 1. The van der Waals surface area contributed by atoms with E-state index in [2.05, 4.69) is 10.3 Å². The minimum atomic E-state index is -4.64. The number of hydrogen-bond donors (Lipinski definition) is 2. The average molecular weight is 603 g/mol. The fourth-order valence-electron chi connectivity index (χ4n) is 5.52. The van der Waals surface area contributed by atoms with Crippen LogP contribution in [-0.2, 0) is 22.2 Å². The van der Waals surface area contributed by atoms with Crippen LogP contribution < -0.4 is 15.9 Å². The van der Waals surface area contributed by atoms with Crippen LogP contribution in [0.5, 0.6) is 0 Å². The second-order valence-electron chi connectivity index (χ2n) is 10.3. The highest BCUT2D eigenvalue weighted by Gasteiger charge is 2.36. The van der Waals surface area contributed by atoms with Gasteiger partial charge in [0.05, 0.1) is 42.0 Å². The maximum absolute atomic E-state index is 14.3. The molecule has 7 nitrogen and oxygen atoms in total. The summed E-state index contributed by atoms with van der Waals surface area (Å²) in [6.07, 6.45) is -5.17. The van der Waals surface area contributed by atoms with Crippen LogP contribution in [0.15, 0.2) is 44.9 Å². The Morgan fingerprint density at radius 2 is 1.85 bits per heavy atom. The first-order valence-corrected chi connectivity index (χ1v) is 14.9. The lowest BCUT2D eigenvalue weighted by Gasteiger charge is -2.37. The molecule has 2 aliphatic rings. The van der Waals surface area contributed by atoms with Gasteiger partial charge in [0, 0.05) is 48.3 Å². The molecule has 1 unspecified atom stereocenters. The topological polar surface area (TPSA) is 68.6 Å². The quantitative estimate of drug-likeness (QED) is 0.239. The molecule has 3 heterocycles. The Morgan fingerprint density at radius 1 is 1.12 bits per heavy atom. The maximum Gasteiger partial charge on any atom is 0.416 e. The Morgan fingerprint density at radius 3 is 2.50 bits per heavy atom. The summed E-state index contributed by atoms with van der Waals surface area (Å²) in [6.45, 7) is 5.56. The molecule has 3 aromatic rings. The largest absolute Gasteiger partial charge is 0.416 e. The van der Waals surface area contributed by atoms with Crippen LogP contribution in [0.25, 0.3) is 10.9 Å². The van der Waals surface area contributed by atoms with Gasteiger partial charge in [0.1, 0.15) is 11.6 Å². The maximum atomic E-state index is 14.3. The zero-order valence-corrected chi connectivity index (χ0v) is 23.9. The number of rotatable bonds is 6. The number of thiol groups is 1. The van der Waals surface area contributed by atoms with Crippen molar-refractivity contribution in [3.05, 3.63) is 57.2 Å². The Hall–Kier alpha value is -2.38. The van der Waals surface area contributed by atoms with Crippen molar-refractivity contribution in [2.75, 3.05) is 44.1 Å². The first-order chi connectivity index (χ1) is 19.0. The monoisotopic (exact) mass is 602 g/mol. The Kier molecular flexibility index (Phi) is 8.36. The third kappa shape index (κ3) is 5.82. The molecule has 0 radical (unpaired) electrons. The molecule has 0 aliphatic carbocycles. The van der Waals surface area contributed by atoms with Crippen molar-refractivity contribution >= 4 is 39.2 Å². The number of halogens is 5. The van der Waals surface area contributed by atoms with Gasteiger partial charge in [0.15, 0.2) is 0 Å². The second kappa shape index (κ2) is 11.5. The van der Waals surface area contributed by atoms with Crippen LogP contribution in [0, 0.1) is 5.82 Å². The van der Waals surface area contributed by atoms with Crippen molar-refractivity contribution in [3.8, 4) is 0 Å². The van der Waals surface area contributed by atoms with Gasteiger partial charge < -0.3 is 19.7 Å². The number of nitrogens with zero attached hydrogens (tertiary/aromatic N) is 3. The molecule has 1 saturated heterocycles. The van der Waals surface area contributed by atoms with E-state index in [1.54, 1.807) is 6.07 Å². The van der Waals surface area contributed by atoms with E-state index in [9.17, 15) is 22.4 Å². The second-order valence-corrected chi connectivity index (χ2v) is 12.9. The molecule has 13 heteroatoms. The summed E-state index contributed by atoms with van der Waals surface area (Å²) >= 11 is 6.13. The molecule has 4 atom stereocenters. The molecular weight excluding hydrogens is 572 g/mol. The third-order valence-electron chi connectivity index (χ3n) is 7.14. The number of hydrogen-bond acceptors (Lipinski definition) is 6.